The summed E-state index contributed by atoms with van der Waals surface area (Å²) in [6.07, 6.45) is 2.51. The van der Waals surface area contributed by atoms with Crippen molar-refractivity contribution in [1.29, 1.82) is 0 Å². The molecule has 102 valence electrons. The van der Waals surface area contributed by atoms with Gasteiger partial charge in [0.05, 0.1) is 10.2 Å². The molecule has 0 spiro atoms. The quantitative estimate of drug-likeness (QED) is 0.896. The van der Waals surface area contributed by atoms with Gasteiger partial charge in [-0.3, -0.25) is 4.79 Å². The lowest BCUT2D eigenvalue weighted by Gasteiger charge is -2.12. The van der Waals surface area contributed by atoms with Gasteiger partial charge in [0.15, 0.2) is 5.13 Å². The van der Waals surface area contributed by atoms with Gasteiger partial charge in [-0.05, 0) is 37.5 Å². The van der Waals surface area contributed by atoms with Crippen molar-refractivity contribution >= 4 is 38.3 Å². The molecule has 1 aromatic carbocycles. The van der Waals surface area contributed by atoms with Crippen LogP contribution in [0.3, 0.4) is 0 Å². The zero-order valence-electron chi connectivity index (χ0n) is 11.5. The van der Waals surface area contributed by atoms with E-state index in [0.717, 1.165) is 39.9 Å². The van der Waals surface area contributed by atoms with Crippen molar-refractivity contribution in [3.8, 4) is 0 Å². The number of anilines is 2. The summed E-state index contributed by atoms with van der Waals surface area (Å²) >= 11 is 1.46. The number of rotatable bonds is 4. The van der Waals surface area contributed by atoms with Gasteiger partial charge in [-0.25, -0.2) is 4.98 Å². The summed E-state index contributed by atoms with van der Waals surface area (Å²) in [7, 11) is 0. The van der Waals surface area contributed by atoms with Crippen LogP contribution in [-0.2, 0) is 4.79 Å². The first-order valence-electron chi connectivity index (χ1n) is 6.49. The minimum Gasteiger partial charge on any atom is -0.375 e. The Morgan fingerprint density at radius 2 is 2.21 bits per heavy atom. The summed E-state index contributed by atoms with van der Waals surface area (Å²) < 4.78 is 1.05. The topological polar surface area (TPSA) is 68.0 Å². The monoisotopic (exact) mass is 277 g/mol. The van der Waals surface area contributed by atoms with Crippen LogP contribution in [0.4, 0.5) is 10.8 Å². The second-order valence-electron chi connectivity index (χ2n) is 4.75. The van der Waals surface area contributed by atoms with Gasteiger partial charge >= 0.3 is 0 Å². The second kappa shape index (κ2) is 5.57. The number of nitrogens with zero attached hydrogens (tertiary/aromatic N) is 1. The first kappa shape index (κ1) is 13.8. The molecular formula is C14H19N3OS. The minimum atomic E-state index is 0.0740. The molecule has 0 unspecified atom stereocenters. The minimum absolute atomic E-state index is 0.0740. The summed E-state index contributed by atoms with van der Waals surface area (Å²) in [5.74, 6) is 0.0740. The Labute approximate surface area is 117 Å². The molecule has 0 fully saturated rings. The highest BCUT2D eigenvalue weighted by Crippen LogP contribution is 2.34. The molecule has 0 saturated carbocycles. The van der Waals surface area contributed by atoms with Crippen molar-refractivity contribution in [1.82, 2.24) is 4.98 Å². The number of fused-ring (bicyclic) bond motifs is 1. The SMILES string of the molecule is CCCCC(=O)Nc1c(C)cc2nc(N)sc2c1C. The molecule has 1 amide bonds. The zero-order chi connectivity index (χ0) is 14.0. The molecule has 0 bridgehead atoms. The maximum Gasteiger partial charge on any atom is 0.224 e. The molecule has 1 heterocycles. The molecule has 2 aromatic rings. The Balaban J connectivity index is 2.34. The smallest absolute Gasteiger partial charge is 0.224 e. The van der Waals surface area contributed by atoms with Crippen molar-refractivity contribution in [2.75, 3.05) is 11.1 Å². The number of nitrogens with two attached hydrogens (primary N) is 1. The van der Waals surface area contributed by atoms with E-state index < -0.39 is 0 Å². The van der Waals surface area contributed by atoms with E-state index in [1.165, 1.54) is 11.3 Å². The lowest BCUT2D eigenvalue weighted by atomic mass is 10.1. The van der Waals surface area contributed by atoms with E-state index in [1.54, 1.807) is 0 Å². The highest BCUT2D eigenvalue weighted by atomic mass is 32.1. The highest BCUT2D eigenvalue weighted by Gasteiger charge is 2.13. The first-order chi connectivity index (χ1) is 9.02. The van der Waals surface area contributed by atoms with Gasteiger partial charge < -0.3 is 11.1 Å². The van der Waals surface area contributed by atoms with Crippen LogP contribution in [-0.4, -0.2) is 10.9 Å². The molecule has 4 nitrogen and oxygen atoms in total. The van der Waals surface area contributed by atoms with Crippen molar-refractivity contribution in [3.05, 3.63) is 17.2 Å². The van der Waals surface area contributed by atoms with E-state index in [4.69, 9.17) is 5.73 Å². The zero-order valence-corrected chi connectivity index (χ0v) is 12.4. The standard InChI is InChI=1S/C14H19N3OS/c1-4-5-6-11(18)17-12-8(2)7-10-13(9(12)3)19-14(15)16-10/h7H,4-6H2,1-3H3,(H2,15,16)(H,17,18). The molecule has 0 radical (unpaired) electrons. The van der Waals surface area contributed by atoms with E-state index in [1.807, 2.05) is 19.9 Å². The van der Waals surface area contributed by atoms with Crippen molar-refractivity contribution in [2.24, 2.45) is 0 Å². The van der Waals surface area contributed by atoms with Crippen LogP contribution in [0.2, 0.25) is 0 Å². The fraction of sp³-hybridized carbons (Fsp3) is 0.429. The fourth-order valence-electron chi connectivity index (χ4n) is 2.13. The number of hydrogen-bond acceptors (Lipinski definition) is 4. The Morgan fingerprint density at radius 1 is 1.47 bits per heavy atom. The van der Waals surface area contributed by atoms with Gasteiger partial charge in [-0.2, -0.15) is 0 Å². The number of aromatic nitrogens is 1. The third-order valence-electron chi connectivity index (χ3n) is 3.15. The molecule has 0 aliphatic carbocycles. The number of unbranched alkanes of at least 4 members (excludes halogenated alkanes) is 1. The number of carbonyl (C=O) groups excluding carboxylic acids is 1. The molecule has 3 N–H and O–H groups in total. The van der Waals surface area contributed by atoms with Crippen LogP contribution in [0.15, 0.2) is 6.07 Å². The molecule has 5 heteroatoms. The van der Waals surface area contributed by atoms with Crippen LogP contribution >= 0.6 is 11.3 Å². The van der Waals surface area contributed by atoms with Crippen LogP contribution in [0.5, 0.6) is 0 Å². The van der Waals surface area contributed by atoms with Crippen LogP contribution in [0.1, 0.15) is 37.3 Å². The molecule has 2 rings (SSSR count). The van der Waals surface area contributed by atoms with Crippen molar-refractivity contribution in [2.45, 2.75) is 40.0 Å². The van der Waals surface area contributed by atoms with Crippen LogP contribution < -0.4 is 11.1 Å². The number of nitrogens with one attached hydrogen (secondary N) is 1. The Bertz CT molecular complexity index is 619. The molecule has 0 saturated heterocycles. The van der Waals surface area contributed by atoms with Crippen LogP contribution in [0.25, 0.3) is 10.2 Å². The summed E-state index contributed by atoms with van der Waals surface area (Å²) in [6.45, 7) is 6.07. The van der Waals surface area contributed by atoms with E-state index >= 15 is 0 Å². The van der Waals surface area contributed by atoms with Gasteiger partial charge in [0.2, 0.25) is 5.91 Å². The number of benzene rings is 1. The third-order valence-corrected chi connectivity index (χ3v) is 4.17. The van der Waals surface area contributed by atoms with Gasteiger partial charge in [0, 0.05) is 12.1 Å². The van der Waals surface area contributed by atoms with Gasteiger partial charge in [0.25, 0.3) is 0 Å². The summed E-state index contributed by atoms with van der Waals surface area (Å²) in [5, 5.41) is 3.58. The Kier molecular flexibility index (Phi) is 4.04. The highest BCUT2D eigenvalue weighted by molar-refractivity contribution is 7.22. The lowest BCUT2D eigenvalue weighted by Crippen LogP contribution is -2.13. The summed E-state index contributed by atoms with van der Waals surface area (Å²) in [4.78, 5) is 16.2. The number of thiazole rings is 1. The average molecular weight is 277 g/mol. The van der Waals surface area contributed by atoms with E-state index in [0.29, 0.717) is 11.6 Å². The predicted molar refractivity (Wildman–Crippen MR) is 81.7 cm³/mol. The fourth-order valence-corrected chi connectivity index (χ4v) is 2.95. The normalized spacial score (nSPS) is 10.9. The first-order valence-corrected chi connectivity index (χ1v) is 7.30. The van der Waals surface area contributed by atoms with E-state index in [2.05, 4.69) is 17.2 Å². The molecule has 0 atom stereocenters. The molecule has 0 aliphatic heterocycles. The maximum atomic E-state index is 11.9. The number of amides is 1. The molecule has 1 aromatic heterocycles. The van der Waals surface area contributed by atoms with Crippen molar-refractivity contribution < 1.29 is 4.79 Å². The number of hydrogen-bond donors (Lipinski definition) is 2. The van der Waals surface area contributed by atoms with E-state index in [9.17, 15) is 4.79 Å². The van der Waals surface area contributed by atoms with Gasteiger partial charge in [-0.1, -0.05) is 24.7 Å². The molecule has 19 heavy (non-hydrogen) atoms. The Hall–Kier alpha value is -1.62. The largest absolute Gasteiger partial charge is 0.375 e. The summed E-state index contributed by atoms with van der Waals surface area (Å²) in [6, 6.07) is 1.98. The van der Waals surface area contributed by atoms with E-state index in [-0.39, 0.29) is 5.91 Å². The molecular weight excluding hydrogens is 258 g/mol. The second-order valence-corrected chi connectivity index (χ2v) is 5.78. The van der Waals surface area contributed by atoms with Gasteiger partial charge in [-0.15, -0.1) is 0 Å². The predicted octanol–water partition coefficient (Wildman–Crippen LogP) is 3.62. The Morgan fingerprint density at radius 3 is 2.89 bits per heavy atom. The lowest BCUT2D eigenvalue weighted by molar-refractivity contribution is -0.116. The summed E-state index contributed by atoms with van der Waals surface area (Å²) in [5.41, 5.74) is 9.63. The van der Waals surface area contributed by atoms with Crippen molar-refractivity contribution in [3.63, 3.8) is 0 Å². The number of carbonyl (C=O) groups is 1. The number of nitrogen functional groups attached to an aromatic ring is 1. The maximum absolute atomic E-state index is 11.9. The molecule has 0 aliphatic rings. The number of aryl methyl sites for hydroxylation is 2. The third kappa shape index (κ3) is 2.87. The van der Waals surface area contributed by atoms with Gasteiger partial charge in [0.1, 0.15) is 0 Å². The van der Waals surface area contributed by atoms with Crippen LogP contribution in [0, 0.1) is 13.8 Å². The average Bonchev–Trinajstić information content (AvgIpc) is 2.72.